The van der Waals surface area contributed by atoms with Crippen LogP contribution < -0.4 is 10.5 Å². The summed E-state index contributed by atoms with van der Waals surface area (Å²) in [5.74, 6) is 1.11. The van der Waals surface area contributed by atoms with Crippen LogP contribution in [0.25, 0.3) is 0 Å². The Labute approximate surface area is 101 Å². The molecule has 0 amide bonds. The van der Waals surface area contributed by atoms with Gasteiger partial charge in [-0.1, -0.05) is 0 Å². The SMILES string of the molecule is CSCCCNc1ccc(S(N)(=O)=O)cc1. The molecule has 0 bridgehead atoms. The summed E-state index contributed by atoms with van der Waals surface area (Å²) < 4.78 is 22.0. The van der Waals surface area contributed by atoms with Crippen molar-refractivity contribution >= 4 is 27.5 Å². The van der Waals surface area contributed by atoms with Crippen LogP contribution in [0.3, 0.4) is 0 Å². The molecular formula is C10H16N2O2S2. The lowest BCUT2D eigenvalue weighted by Gasteiger charge is -2.06. The van der Waals surface area contributed by atoms with Crippen LogP contribution in [-0.2, 0) is 10.0 Å². The summed E-state index contributed by atoms with van der Waals surface area (Å²) in [6.07, 6.45) is 3.15. The van der Waals surface area contributed by atoms with Crippen LogP contribution in [0.15, 0.2) is 29.2 Å². The highest BCUT2D eigenvalue weighted by Gasteiger charge is 2.05. The zero-order chi connectivity index (χ0) is 12.0. The van der Waals surface area contributed by atoms with Gasteiger partial charge >= 0.3 is 0 Å². The summed E-state index contributed by atoms with van der Waals surface area (Å²) in [7, 11) is -3.58. The Balaban J connectivity index is 2.52. The quantitative estimate of drug-likeness (QED) is 0.760. The molecular weight excluding hydrogens is 244 g/mol. The molecule has 1 rings (SSSR count). The highest BCUT2D eigenvalue weighted by molar-refractivity contribution is 7.98. The van der Waals surface area contributed by atoms with Crippen molar-refractivity contribution in [2.45, 2.75) is 11.3 Å². The van der Waals surface area contributed by atoms with Crippen LogP contribution in [0.2, 0.25) is 0 Å². The molecule has 6 heteroatoms. The van der Waals surface area contributed by atoms with Crippen LogP contribution >= 0.6 is 11.8 Å². The first kappa shape index (κ1) is 13.3. The van der Waals surface area contributed by atoms with Crippen molar-refractivity contribution in [1.82, 2.24) is 0 Å². The van der Waals surface area contributed by atoms with Gasteiger partial charge in [0.2, 0.25) is 10.0 Å². The summed E-state index contributed by atoms with van der Waals surface area (Å²) >= 11 is 1.81. The third-order valence-corrected chi connectivity index (χ3v) is 3.66. The van der Waals surface area contributed by atoms with Crippen LogP contribution in [0, 0.1) is 0 Å². The first-order valence-electron chi connectivity index (χ1n) is 4.90. The second-order valence-corrected chi connectivity index (χ2v) is 5.89. The second kappa shape index (κ2) is 6.12. The van der Waals surface area contributed by atoms with Gasteiger partial charge in [-0.3, -0.25) is 0 Å². The van der Waals surface area contributed by atoms with E-state index >= 15 is 0 Å². The van der Waals surface area contributed by atoms with Gasteiger partial charge in [-0.15, -0.1) is 0 Å². The number of benzene rings is 1. The van der Waals surface area contributed by atoms with Gasteiger partial charge in [0.15, 0.2) is 0 Å². The third-order valence-electron chi connectivity index (χ3n) is 2.04. The van der Waals surface area contributed by atoms with Gasteiger partial charge in [0.25, 0.3) is 0 Å². The van der Waals surface area contributed by atoms with Crippen LogP contribution in [-0.4, -0.2) is 27.0 Å². The molecule has 0 radical (unpaired) electrons. The molecule has 0 atom stereocenters. The van der Waals surface area contributed by atoms with Crippen LogP contribution in [0.5, 0.6) is 0 Å². The van der Waals surface area contributed by atoms with E-state index in [9.17, 15) is 8.42 Å². The normalized spacial score (nSPS) is 11.4. The van der Waals surface area contributed by atoms with Gasteiger partial charge in [-0.2, -0.15) is 11.8 Å². The predicted molar refractivity (Wildman–Crippen MR) is 69.3 cm³/mol. The Morgan fingerprint density at radius 1 is 1.31 bits per heavy atom. The Kier molecular flexibility index (Phi) is 5.11. The fraction of sp³-hybridized carbons (Fsp3) is 0.400. The van der Waals surface area contributed by atoms with Crippen molar-refractivity contribution in [2.24, 2.45) is 5.14 Å². The molecule has 90 valence electrons. The number of hydrogen-bond acceptors (Lipinski definition) is 4. The Morgan fingerprint density at radius 3 is 2.44 bits per heavy atom. The molecule has 0 spiro atoms. The van der Waals surface area contributed by atoms with E-state index in [0.29, 0.717) is 0 Å². The second-order valence-electron chi connectivity index (χ2n) is 3.34. The maximum Gasteiger partial charge on any atom is 0.238 e. The molecule has 1 aromatic rings. The van der Waals surface area contributed by atoms with Gasteiger partial charge in [-0.25, -0.2) is 13.6 Å². The Hall–Kier alpha value is -0.720. The van der Waals surface area contributed by atoms with Crippen molar-refractivity contribution in [3.63, 3.8) is 0 Å². The Bertz CT molecular complexity index is 415. The highest BCUT2D eigenvalue weighted by atomic mass is 32.2. The van der Waals surface area contributed by atoms with Crippen molar-refractivity contribution in [3.05, 3.63) is 24.3 Å². The van der Waals surface area contributed by atoms with E-state index in [2.05, 4.69) is 11.6 Å². The van der Waals surface area contributed by atoms with Crippen molar-refractivity contribution < 1.29 is 8.42 Å². The van der Waals surface area contributed by atoms with E-state index in [1.54, 1.807) is 23.9 Å². The van der Waals surface area contributed by atoms with Gasteiger partial charge in [0.1, 0.15) is 0 Å². The van der Waals surface area contributed by atoms with Crippen molar-refractivity contribution in [3.8, 4) is 0 Å². The van der Waals surface area contributed by atoms with E-state index < -0.39 is 10.0 Å². The smallest absolute Gasteiger partial charge is 0.238 e. The maximum absolute atomic E-state index is 11.0. The predicted octanol–water partition coefficient (Wildman–Crippen LogP) is 1.50. The van der Waals surface area contributed by atoms with Gasteiger partial charge < -0.3 is 5.32 Å². The largest absolute Gasteiger partial charge is 0.385 e. The molecule has 3 N–H and O–H groups in total. The van der Waals surface area contributed by atoms with Crippen LogP contribution in [0.4, 0.5) is 5.69 Å². The first-order chi connectivity index (χ1) is 7.54. The minimum absolute atomic E-state index is 0.141. The average molecular weight is 260 g/mol. The van der Waals surface area contributed by atoms with Gasteiger partial charge in [-0.05, 0) is 42.7 Å². The Morgan fingerprint density at radius 2 is 1.94 bits per heavy atom. The number of primary sulfonamides is 1. The summed E-state index contributed by atoms with van der Waals surface area (Å²) in [5, 5.41) is 8.20. The lowest BCUT2D eigenvalue weighted by Crippen LogP contribution is -2.12. The fourth-order valence-corrected chi connectivity index (χ4v) is 2.16. The van der Waals surface area contributed by atoms with E-state index in [-0.39, 0.29) is 4.90 Å². The molecule has 4 nitrogen and oxygen atoms in total. The van der Waals surface area contributed by atoms with E-state index in [0.717, 1.165) is 24.4 Å². The zero-order valence-electron chi connectivity index (χ0n) is 9.14. The van der Waals surface area contributed by atoms with E-state index in [1.165, 1.54) is 12.1 Å². The van der Waals surface area contributed by atoms with Gasteiger partial charge in [0, 0.05) is 12.2 Å². The monoisotopic (exact) mass is 260 g/mol. The molecule has 16 heavy (non-hydrogen) atoms. The summed E-state index contributed by atoms with van der Waals surface area (Å²) in [6.45, 7) is 0.884. The number of hydrogen-bond donors (Lipinski definition) is 2. The molecule has 0 aliphatic rings. The first-order valence-corrected chi connectivity index (χ1v) is 7.84. The molecule has 0 heterocycles. The zero-order valence-corrected chi connectivity index (χ0v) is 10.8. The number of nitrogens with one attached hydrogen (secondary N) is 1. The fourth-order valence-electron chi connectivity index (χ4n) is 1.21. The molecule has 0 aromatic heterocycles. The average Bonchev–Trinajstić information content (AvgIpc) is 2.24. The van der Waals surface area contributed by atoms with E-state index in [1.807, 2.05) is 0 Å². The lowest BCUT2D eigenvalue weighted by molar-refractivity contribution is 0.598. The molecule has 0 unspecified atom stereocenters. The maximum atomic E-state index is 11.0. The highest BCUT2D eigenvalue weighted by Crippen LogP contribution is 2.12. The topological polar surface area (TPSA) is 72.2 Å². The molecule has 0 saturated carbocycles. The molecule has 0 aliphatic heterocycles. The van der Waals surface area contributed by atoms with Crippen LogP contribution in [0.1, 0.15) is 6.42 Å². The summed E-state index contributed by atoms with van der Waals surface area (Å²) in [6, 6.07) is 6.45. The summed E-state index contributed by atoms with van der Waals surface area (Å²) in [5.41, 5.74) is 0.911. The number of nitrogens with two attached hydrogens (primary N) is 1. The lowest BCUT2D eigenvalue weighted by atomic mass is 10.3. The number of sulfonamides is 1. The molecule has 1 aromatic carbocycles. The molecule has 0 aliphatic carbocycles. The van der Waals surface area contributed by atoms with E-state index in [4.69, 9.17) is 5.14 Å². The summed E-state index contributed by atoms with van der Waals surface area (Å²) in [4.78, 5) is 0.141. The number of rotatable bonds is 6. The minimum atomic E-state index is -3.58. The third kappa shape index (κ3) is 4.42. The standard InChI is InChI=1S/C10H16N2O2S2/c1-15-8-2-7-12-9-3-5-10(6-4-9)16(11,13)14/h3-6,12H,2,7-8H2,1H3,(H2,11,13,14). The molecule has 0 saturated heterocycles. The van der Waals surface area contributed by atoms with Crippen molar-refractivity contribution in [2.75, 3.05) is 23.9 Å². The number of thioether (sulfide) groups is 1. The minimum Gasteiger partial charge on any atom is -0.385 e. The van der Waals surface area contributed by atoms with Gasteiger partial charge in [0.05, 0.1) is 4.90 Å². The molecule has 0 fully saturated rings. The number of anilines is 1. The van der Waals surface area contributed by atoms with Crippen molar-refractivity contribution in [1.29, 1.82) is 0 Å².